The largest absolute Gasteiger partial charge is 0.497 e. The van der Waals surface area contributed by atoms with Crippen LogP contribution in [0.2, 0.25) is 0 Å². The zero-order chi connectivity index (χ0) is 25.5. The number of hydrogen-bond acceptors (Lipinski definition) is 5. The van der Waals surface area contributed by atoms with Crippen LogP contribution in [-0.2, 0) is 16.1 Å². The van der Waals surface area contributed by atoms with E-state index in [4.69, 9.17) is 4.74 Å². The number of anilines is 1. The Balaban J connectivity index is 1.75. The van der Waals surface area contributed by atoms with Gasteiger partial charge in [-0.3, -0.25) is 14.5 Å². The molecule has 0 spiro atoms. The Morgan fingerprint density at radius 3 is 2.50 bits per heavy atom. The fraction of sp³-hybridized carbons (Fsp3) is 0.286. The number of nitrogens with zero attached hydrogens (tertiary/aromatic N) is 4. The summed E-state index contributed by atoms with van der Waals surface area (Å²) in [7, 11) is 1.58. The summed E-state index contributed by atoms with van der Waals surface area (Å²) in [6, 6.07) is 23.0. The smallest absolute Gasteiger partial charge is 0.249 e. The van der Waals surface area contributed by atoms with Gasteiger partial charge in [0.15, 0.2) is 0 Å². The molecule has 1 N–H and O–H groups in total. The zero-order valence-corrected chi connectivity index (χ0v) is 20.8. The Hall–Kier alpha value is -4.20. The molecule has 1 heterocycles. The molecule has 0 fully saturated rings. The van der Waals surface area contributed by atoms with Gasteiger partial charge in [-0.25, -0.2) is 4.68 Å². The van der Waals surface area contributed by atoms with E-state index >= 15 is 0 Å². The first-order valence-corrected chi connectivity index (χ1v) is 12.0. The molecule has 186 valence electrons. The van der Waals surface area contributed by atoms with Crippen molar-refractivity contribution in [2.24, 2.45) is 5.92 Å². The second-order valence-electron chi connectivity index (χ2n) is 8.99. The van der Waals surface area contributed by atoms with Crippen LogP contribution in [0.1, 0.15) is 31.9 Å². The molecule has 8 nitrogen and oxygen atoms in total. The van der Waals surface area contributed by atoms with Gasteiger partial charge in [-0.1, -0.05) is 61.5 Å². The van der Waals surface area contributed by atoms with Gasteiger partial charge < -0.3 is 10.1 Å². The van der Waals surface area contributed by atoms with E-state index in [9.17, 15) is 9.59 Å². The van der Waals surface area contributed by atoms with Gasteiger partial charge in [0, 0.05) is 12.2 Å². The molecule has 0 aliphatic rings. The van der Waals surface area contributed by atoms with Crippen molar-refractivity contribution in [1.29, 1.82) is 0 Å². The lowest BCUT2D eigenvalue weighted by molar-refractivity contribution is -0.127. The van der Waals surface area contributed by atoms with E-state index in [1.54, 1.807) is 17.9 Å². The van der Waals surface area contributed by atoms with Crippen LogP contribution in [0.25, 0.3) is 11.0 Å². The van der Waals surface area contributed by atoms with E-state index in [0.717, 1.165) is 11.9 Å². The molecular formula is C28H31N5O3. The number of carbonyl (C=O) groups is 2. The monoisotopic (exact) mass is 485 g/mol. The lowest BCUT2D eigenvalue weighted by Gasteiger charge is -2.32. The van der Waals surface area contributed by atoms with E-state index in [1.807, 2.05) is 72.8 Å². The number of benzene rings is 3. The molecule has 1 atom stereocenters. The van der Waals surface area contributed by atoms with Gasteiger partial charge in [-0.2, -0.15) is 0 Å². The van der Waals surface area contributed by atoms with Crippen LogP contribution in [0.5, 0.6) is 5.75 Å². The minimum Gasteiger partial charge on any atom is -0.497 e. The molecule has 0 radical (unpaired) electrons. The van der Waals surface area contributed by atoms with Crippen molar-refractivity contribution in [3.63, 3.8) is 0 Å². The highest BCUT2D eigenvalue weighted by atomic mass is 16.5. The SMILES string of the molecule is COc1cccc(C(C(=O)NCCC(C)C)N(C(=O)Cn2nnc3ccccc32)c2ccccc2)c1. The number of fused-ring (bicyclic) bond motifs is 1. The molecule has 0 saturated carbocycles. The first-order valence-electron chi connectivity index (χ1n) is 12.0. The number of amides is 2. The second kappa shape index (κ2) is 11.5. The molecule has 3 aromatic carbocycles. The average Bonchev–Trinajstić information content (AvgIpc) is 3.30. The summed E-state index contributed by atoms with van der Waals surface area (Å²) in [5.41, 5.74) is 2.71. The molecule has 4 aromatic rings. The van der Waals surface area contributed by atoms with Crippen molar-refractivity contribution in [3.05, 3.63) is 84.4 Å². The number of ether oxygens (including phenoxy) is 1. The van der Waals surface area contributed by atoms with Crippen LogP contribution >= 0.6 is 0 Å². The van der Waals surface area contributed by atoms with Crippen LogP contribution in [0, 0.1) is 5.92 Å². The summed E-state index contributed by atoms with van der Waals surface area (Å²) in [5, 5.41) is 11.4. The van der Waals surface area contributed by atoms with Crippen LogP contribution in [0.3, 0.4) is 0 Å². The van der Waals surface area contributed by atoms with Crippen molar-refractivity contribution < 1.29 is 14.3 Å². The van der Waals surface area contributed by atoms with E-state index < -0.39 is 6.04 Å². The van der Waals surface area contributed by atoms with E-state index in [1.165, 1.54) is 4.90 Å². The van der Waals surface area contributed by atoms with Crippen molar-refractivity contribution in [2.45, 2.75) is 32.9 Å². The maximum absolute atomic E-state index is 13.9. The number of hydrogen-bond donors (Lipinski definition) is 1. The van der Waals surface area contributed by atoms with E-state index in [-0.39, 0.29) is 18.4 Å². The average molecular weight is 486 g/mol. The van der Waals surface area contributed by atoms with E-state index in [2.05, 4.69) is 29.5 Å². The summed E-state index contributed by atoms with van der Waals surface area (Å²) >= 11 is 0. The summed E-state index contributed by atoms with van der Waals surface area (Å²) in [4.78, 5) is 29.2. The molecule has 0 aliphatic heterocycles. The zero-order valence-electron chi connectivity index (χ0n) is 20.8. The Morgan fingerprint density at radius 1 is 1.00 bits per heavy atom. The van der Waals surface area contributed by atoms with Crippen LogP contribution < -0.4 is 15.0 Å². The van der Waals surface area contributed by atoms with Gasteiger partial charge in [0.05, 0.1) is 12.6 Å². The summed E-state index contributed by atoms with van der Waals surface area (Å²) in [6.07, 6.45) is 0.834. The summed E-state index contributed by atoms with van der Waals surface area (Å²) in [5.74, 6) is 0.497. The Morgan fingerprint density at radius 2 is 1.75 bits per heavy atom. The number of carbonyl (C=O) groups excluding carboxylic acids is 2. The topological polar surface area (TPSA) is 89.4 Å². The quantitative estimate of drug-likeness (QED) is 0.360. The maximum atomic E-state index is 13.9. The first-order chi connectivity index (χ1) is 17.5. The van der Waals surface area contributed by atoms with Crippen molar-refractivity contribution >= 4 is 28.5 Å². The third kappa shape index (κ3) is 5.71. The molecular weight excluding hydrogens is 454 g/mol. The normalized spacial score (nSPS) is 11.9. The van der Waals surface area contributed by atoms with Gasteiger partial charge >= 0.3 is 0 Å². The number of aromatic nitrogens is 3. The third-order valence-corrected chi connectivity index (χ3v) is 5.95. The molecule has 4 rings (SSSR count). The Labute approximate surface area is 210 Å². The van der Waals surface area contributed by atoms with Gasteiger partial charge in [-0.05, 0) is 54.3 Å². The highest BCUT2D eigenvalue weighted by Gasteiger charge is 2.33. The van der Waals surface area contributed by atoms with Crippen molar-refractivity contribution in [3.8, 4) is 5.75 Å². The third-order valence-electron chi connectivity index (χ3n) is 5.95. The van der Waals surface area contributed by atoms with Gasteiger partial charge in [-0.15, -0.1) is 5.10 Å². The van der Waals surface area contributed by atoms with Crippen molar-refractivity contribution in [1.82, 2.24) is 20.3 Å². The molecule has 1 aromatic heterocycles. The minimum atomic E-state index is -0.906. The lowest BCUT2D eigenvalue weighted by atomic mass is 10.0. The molecule has 8 heteroatoms. The molecule has 0 saturated heterocycles. The van der Waals surface area contributed by atoms with Gasteiger partial charge in [0.25, 0.3) is 0 Å². The lowest BCUT2D eigenvalue weighted by Crippen LogP contribution is -2.45. The molecule has 2 amide bonds. The molecule has 36 heavy (non-hydrogen) atoms. The van der Waals surface area contributed by atoms with Crippen LogP contribution in [0.15, 0.2) is 78.9 Å². The molecule has 1 unspecified atom stereocenters. The van der Waals surface area contributed by atoms with E-state index in [0.29, 0.717) is 35.0 Å². The highest BCUT2D eigenvalue weighted by Crippen LogP contribution is 2.30. The van der Waals surface area contributed by atoms with Gasteiger partial charge in [0.1, 0.15) is 23.9 Å². The Kier molecular flexibility index (Phi) is 7.95. The van der Waals surface area contributed by atoms with Crippen LogP contribution in [-0.4, -0.2) is 40.5 Å². The standard InChI is InChI=1S/C28H31N5O3/c1-20(2)16-17-29-28(35)27(21-10-9-13-23(18-21)36-3)33(22-11-5-4-6-12-22)26(34)19-32-25-15-8-7-14-24(25)30-31-32/h4-15,18,20,27H,16-17,19H2,1-3H3,(H,29,35). The Bertz CT molecular complexity index is 1320. The minimum absolute atomic E-state index is 0.0743. The summed E-state index contributed by atoms with van der Waals surface area (Å²) < 4.78 is 6.98. The predicted octanol–water partition coefficient (Wildman–Crippen LogP) is 4.38. The highest BCUT2D eigenvalue weighted by molar-refractivity contribution is 6.01. The molecule has 0 bridgehead atoms. The number of para-hydroxylation sites is 2. The number of rotatable bonds is 10. The summed E-state index contributed by atoms with van der Waals surface area (Å²) in [6.45, 7) is 4.65. The second-order valence-corrected chi connectivity index (χ2v) is 8.99. The first kappa shape index (κ1) is 24.9. The van der Waals surface area contributed by atoms with Crippen LogP contribution in [0.4, 0.5) is 5.69 Å². The fourth-order valence-electron chi connectivity index (χ4n) is 4.07. The maximum Gasteiger partial charge on any atom is 0.249 e. The molecule has 0 aliphatic carbocycles. The predicted molar refractivity (Wildman–Crippen MR) is 140 cm³/mol. The number of methoxy groups -OCH3 is 1. The fourth-order valence-corrected chi connectivity index (χ4v) is 4.07. The number of nitrogens with one attached hydrogen (secondary N) is 1. The van der Waals surface area contributed by atoms with Gasteiger partial charge in [0.2, 0.25) is 11.8 Å². The van der Waals surface area contributed by atoms with Crippen molar-refractivity contribution in [2.75, 3.05) is 18.6 Å².